The first kappa shape index (κ1) is 61.1. The summed E-state index contributed by atoms with van der Waals surface area (Å²) < 4.78 is 145. The van der Waals surface area contributed by atoms with Crippen LogP contribution in [0.15, 0.2) is 93.0 Å². The van der Waals surface area contributed by atoms with Crippen LogP contribution in [0.1, 0.15) is 77.3 Å². The first-order valence-corrected chi connectivity index (χ1v) is 26.2. The molecule has 2 aromatic carbocycles. The Morgan fingerprint density at radius 3 is 1.38 bits per heavy atom. The largest absolute Gasteiger partial charge is 1.00 e. The first-order valence-electron chi connectivity index (χ1n) is 20.2. The molecule has 3 aliphatic heterocycles. The molecule has 2 aromatic rings. The fraction of sp³-hybridized carbons (Fsp3) is 0.476. The molecule has 1 saturated carbocycles. The number of carbonyl (C=O) groups is 1. The van der Waals surface area contributed by atoms with Crippen LogP contribution in [0.2, 0.25) is 0 Å². The van der Waals surface area contributed by atoms with Crippen LogP contribution >= 0.6 is 0 Å². The second-order valence-corrected chi connectivity index (χ2v) is 22.8. The van der Waals surface area contributed by atoms with Gasteiger partial charge in [-0.3, -0.25) is 0 Å². The normalized spacial score (nSPS) is 21.5. The Kier molecular flexibility index (Phi) is 22.1. The van der Waals surface area contributed by atoms with Crippen LogP contribution < -0.4 is 98.5 Å². The van der Waals surface area contributed by atoms with Crippen LogP contribution in [0.3, 0.4) is 0 Å². The second kappa shape index (κ2) is 23.9. The number of allylic oxidation sites excluding steroid dienone is 8. The third-order valence-corrected chi connectivity index (χ3v) is 15.3. The number of fused-ring (bicyclic) bond motifs is 2. The van der Waals surface area contributed by atoms with E-state index in [1.54, 1.807) is 9.80 Å². The van der Waals surface area contributed by atoms with Gasteiger partial charge in [0.1, 0.15) is 40.1 Å². The molecule has 17 nitrogen and oxygen atoms in total. The predicted octanol–water partition coefficient (Wildman–Crippen LogP) is -5.64. The maximum atomic E-state index is 12.0. The average Bonchev–Trinajstić information content (AvgIpc) is 3.77. The van der Waals surface area contributed by atoms with Gasteiger partial charge in [0.15, 0.2) is 0 Å². The van der Waals surface area contributed by atoms with Gasteiger partial charge < -0.3 is 37.9 Å². The van der Waals surface area contributed by atoms with E-state index in [4.69, 9.17) is 4.79 Å². The number of nitrogens with zero attached hydrogens (tertiary/aromatic N) is 3. The minimum atomic E-state index is -4.82. The molecular weight excluding hydrogens is 968 g/mol. The van der Waals surface area contributed by atoms with Crippen LogP contribution in [-0.4, -0.2) is 118 Å². The van der Waals surface area contributed by atoms with E-state index in [0.717, 1.165) is 48.3 Å². The number of benzene rings is 2. The molecule has 1 saturated heterocycles. The SMILES string of the molecule is C=O.CC1(C)C(=CC=C2CC/C(=C\C=C3\N(CCS(=O)(=O)[O-])c4ccc(S(=O)(=O)[O-])cc4C3(C)C)C2=[N+]2CCC(CCCO)CC2)N(CCS(=O)(=O)[O-])c2ccc(S(=O)(=O)[O-])cc21.[Na+].[Na+].[Na+]. The quantitative estimate of drug-likeness (QED) is 0.111. The van der Waals surface area contributed by atoms with E-state index in [1.165, 1.54) is 24.3 Å². The summed E-state index contributed by atoms with van der Waals surface area (Å²) in [5, 5.41) is 9.44. The van der Waals surface area contributed by atoms with Crippen molar-refractivity contribution in [1.82, 2.24) is 0 Å². The molecule has 1 aliphatic carbocycles. The van der Waals surface area contributed by atoms with Crippen molar-refractivity contribution in [2.75, 3.05) is 54.1 Å². The standard InChI is InChI=1S/C41H53N3O13S4.CH2O.3Na/c1-40(2)33-26-31(60(52,53)54)11-13-35(33)43(21-24-58(46,47)48)37(40)15-9-29-7-8-30(39(29)42-19-17-28(18-20-42)6-5-23-45)10-16-38-41(3,4)34-27-32(61(55,56)57)12-14-36(34)44(38)22-25-59(49,50)51;1-2;;;/h9-16,26-28,45H,5-8,17-25H2,1-4H3,(H3-,46,47,48,49,50,51,52,53,54,55,56,57);1H2;;;/q;;3*+1/p-3. The maximum Gasteiger partial charge on any atom is 1.00 e. The Morgan fingerprint density at radius 1 is 0.667 bits per heavy atom. The molecule has 0 amide bonds. The van der Waals surface area contributed by atoms with Crippen LogP contribution in [0, 0.1) is 5.92 Å². The summed E-state index contributed by atoms with van der Waals surface area (Å²) in [6.45, 7) is 10.4. The van der Waals surface area contributed by atoms with Gasteiger partial charge >= 0.3 is 88.7 Å². The number of aliphatic hydroxyl groups is 1. The fourth-order valence-electron chi connectivity index (χ4n) is 9.14. The zero-order valence-electron chi connectivity index (χ0n) is 38.5. The number of piperidine rings is 1. The van der Waals surface area contributed by atoms with Crippen LogP contribution in [0.5, 0.6) is 0 Å². The van der Waals surface area contributed by atoms with Crippen molar-refractivity contribution in [3.63, 3.8) is 0 Å². The van der Waals surface area contributed by atoms with Gasteiger partial charge in [-0.1, -0.05) is 39.8 Å². The number of rotatable bonds is 13. The number of aliphatic hydroxyl groups excluding tert-OH is 1. The molecule has 0 atom stereocenters. The molecule has 6 rings (SSSR count). The first-order chi connectivity index (χ1) is 29.2. The van der Waals surface area contributed by atoms with Gasteiger partial charge in [0, 0.05) is 77.3 Å². The molecule has 0 radical (unpaired) electrons. The summed E-state index contributed by atoms with van der Waals surface area (Å²) in [6, 6.07) is 7.76. The zero-order valence-corrected chi connectivity index (χ0v) is 47.7. The number of carbonyl (C=O) groups excluding carboxylic acids is 1. The van der Waals surface area contributed by atoms with E-state index in [-0.39, 0.29) is 108 Å². The summed E-state index contributed by atoms with van der Waals surface area (Å²) in [5.41, 5.74) is 3.99. The molecule has 1 N–H and O–H groups in total. The monoisotopic (exact) mass is 1020 g/mol. The summed E-state index contributed by atoms with van der Waals surface area (Å²) >= 11 is 0. The van der Waals surface area contributed by atoms with Gasteiger partial charge in [0.05, 0.1) is 41.5 Å². The molecule has 66 heavy (non-hydrogen) atoms. The smallest absolute Gasteiger partial charge is 0.748 e. The van der Waals surface area contributed by atoms with E-state index < -0.39 is 72.6 Å². The Labute approximate surface area is 455 Å². The molecule has 0 aromatic heterocycles. The summed E-state index contributed by atoms with van der Waals surface area (Å²) in [7, 11) is -18.9. The molecule has 3 heterocycles. The molecular formula is C42H52N3Na3O14S4. The number of hydrogen-bond donors (Lipinski definition) is 1. The Balaban J connectivity index is 0.00000295. The van der Waals surface area contributed by atoms with Crippen molar-refractivity contribution in [3.05, 3.63) is 94.4 Å². The molecule has 0 unspecified atom stereocenters. The van der Waals surface area contributed by atoms with Gasteiger partial charge in [-0.2, -0.15) is 0 Å². The van der Waals surface area contributed by atoms with Crippen molar-refractivity contribution in [1.29, 1.82) is 0 Å². The van der Waals surface area contributed by atoms with Gasteiger partial charge in [-0.05, 0) is 91.3 Å². The molecule has 24 heteroatoms. The van der Waals surface area contributed by atoms with Crippen molar-refractivity contribution >= 4 is 64.3 Å². The topological polar surface area (TPSA) is 276 Å². The minimum absolute atomic E-state index is 0. The van der Waals surface area contributed by atoms with Gasteiger partial charge in [-0.15, -0.1) is 0 Å². The second-order valence-electron chi connectivity index (χ2n) is 17.0. The van der Waals surface area contributed by atoms with Crippen molar-refractivity contribution in [2.24, 2.45) is 5.92 Å². The molecule has 346 valence electrons. The molecule has 2 fully saturated rings. The number of anilines is 2. The zero-order chi connectivity index (χ0) is 46.9. The third-order valence-electron chi connectivity index (χ3n) is 12.3. The van der Waals surface area contributed by atoms with E-state index in [0.29, 0.717) is 72.2 Å². The third kappa shape index (κ3) is 14.3. The van der Waals surface area contributed by atoms with Gasteiger partial charge in [0.25, 0.3) is 0 Å². The van der Waals surface area contributed by atoms with E-state index in [2.05, 4.69) is 4.58 Å². The molecule has 0 spiro atoms. The molecule has 4 aliphatic rings. The van der Waals surface area contributed by atoms with Crippen LogP contribution in [0.25, 0.3) is 0 Å². The Bertz CT molecular complexity index is 2570. The average molecular weight is 1020 g/mol. The van der Waals surface area contributed by atoms with Gasteiger partial charge in [-0.25, -0.2) is 38.2 Å². The predicted molar refractivity (Wildman–Crippen MR) is 231 cm³/mol. The Morgan fingerprint density at radius 2 is 1.05 bits per heavy atom. The van der Waals surface area contributed by atoms with Crippen LogP contribution in [-0.2, 0) is 56.1 Å². The minimum Gasteiger partial charge on any atom is -0.748 e. The number of hydrogen-bond acceptors (Lipinski definition) is 16. The van der Waals surface area contributed by atoms with Crippen LogP contribution in [0.4, 0.5) is 11.4 Å². The Hall–Kier alpha value is -1.06. The van der Waals surface area contributed by atoms with Gasteiger partial charge in [0.2, 0.25) is 5.71 Å². The van der Waals surface area contributed by atoms with Crippen molar-refractivity contribution < 1.29 is 155 Å². The summed E-state index contributed by atoms with van der Waals surface area (Å²) in [5.74, 6) is -1.03. The van der Waals surface area contributed by atoms with Crippen molar-refractivity contribution in [3.8, 4) is 0 Å². The van der Waals surface area contributed by atoms with E-state index in [1.807, 2.05) is 58.8 Å². The molecule has 0 bridgehead atoms. The fourth-order valence-corrected chi connectivity index (χ4v) is 10.9. The van der Waals surface area contributed by atoms with Crippen molar-refractivity contribution in [2.45, 2.75) is 86.8 Å². The summed E-state index contributed by atoms with van der Waals surface area (Å²) in [6.07, 6.45) is 12.0. The maximum absolute atomic E-state index is 12.0. The summed E-state index contributed by atoms with van der Waals surface area (Å²) in [4.78, 5) is 10.4. The van der Waals surface area contributed by atoms with E-state index >= 15 is 0 Å². The van der Waals surface area contributed by atoms with E-state index in [9.17, 15) is 57.0 Å².